The van der Waals surface area contributed by atoms with Crippen molar-refractivity contribution in [1.29, 1.82) is 0 Å². The molecule has 126 valence electrons. The zero-order valence-corrected chi connectivity index (χ0v) is 14.2. The molecule has 2 aliphatic heterocycles. The van der Waals surface area contributed by atoms with Crippen molar-refractivity contribution in [2.45, 2.75) is 6.42 Å². The van der Waals surface area contributed by atoms with Gasteiger partial charge in [-0.1, -0.05) is 6.07 Å². The van der Waals surface area contributed by atoms with Crippen molar-refractivity contribution < 1.29 is 9.59 Å². The maximum absolute atomic E-state index is 12.3. The number of nitrogens with zero attached hydrogens (tertiary/aromatic N) is 3. The van der Waals surface area contributed by atoms with Gasteiger partial charge < -0.3 is 15.1 Å². The van der Waals surface area contributed by atoms with Crippen LogP contribution in [0.3, 0.4) is 0 Å². The second kappa shape index (κ2) is 7.90. The Labute approximate surface area is 141 Å². The van der Waals surface area contributed by atoms with E-state index in [1.54, 1.807) is 4.90 Å². The molecule has 3 rings (SSSR count). The number of carbonyl (C=O) groups excluding carboxylic acids is 2. The van der Waals surface area contributed by atoms with Gasteiger partial charge in [0.2, 0.25) is 11.8 Å². The van der Waals surface area contributed by atoms with Gasteiger partial charge in [-0.15, -0.1) is 11.3 Å². The van der Waals surface area contributed by atoms with Gasteiger partial charge in [-0.05, 0) is 17.9 Å². The van der Waals surface area contributed by atoms with E-state index in [1.807, 2.05) is 11.3 Å². The molecule has 0 atom stereocenters. The Hall–Kier alpha value is -1.44. The molecule has 2 saturated heterocycles. The highest BCUT2D eigenvalue weighted by Gasteiger charge is 2.24. The number of hydrogen-bond acceptors (Lipinski definition) is 5. The monoisotopic (exact) mass is 336 g/mol. The van der Waals surface area contributed by atoms with Gasteiger partial charge in [-0.25, -0.2) is 0 Å². The third kappa shape index (κ3) is 4.76. The van der Waals surface area contributed by atoms with Crippen LogP contribution in [0.2, 0.25) is 0 Å². The summed E-state index contributed by atoms with van der Waals surface area (Å²) in [5.41, 5.74) is 0. The first-order chi connectivity index (χ1) is 11.2. The Kier molecular flexibility index (Phi) is 5.64. The summed E-state index contributed by atoms with van der Waals surface area (Å²) in [7, 11) is 0. The molecule has 1 N–H and O–H groups in total. The molecule has 0 spiro atoms. The van der Waals surface area contributed by atoms with Crippen LogP contribution in [0.4, 0.5) is 0 Å². The van der Waals surface area contributed by atoms with Crippen LogP contribution in [-0.2, 0) is 16.0 Å². The van der Waals surface area contributed by atoms with Crippen molar-refractivity contribution in [3.63, 3.8) is 0 Å². The quantitative estimate of drug-likeness (QED) is 0.814. The van der Waals surface area contributed by atoms with E-state index >= 15 is 0 Å². The predicted molar refractivity (Wildman–Crippen MR) is 90.5 cm³/mol. The second-order valence-electron chi connectivity index (χ2n) is 6.11. The van der Waals surface area contributed by atoms with Crippen molar-refractivity contribution in [3.05, 3.63) is 22.4 Å². The number of nitrogens with one attached hydrogen (secondary N) is 1. The molecule has 0 unspecified atom stereocenters. The Morgan fingerprint density at radius 3 is 2.65 bits per heavy atom. The minimum atomic E-state index is -0.0528. The summed E-state index contributed by atoms with van der Waals surface area (Å²) >= 11 is 1.82. The van der Waals surface area contributed by atoms with Crippen LogP contribution in [0, 0.1) is 0 Å². The Morgan fingerprint density at radius 2 is 1.96 bits per heavy atom. The number of piperazine rings is 2. The maximum Gasteiger partial charge on any atom is 0.239 e. The van der Waals surface area contributed by atoms with Crippen molar-refractivity contribution >= 4 is 23.2 Å². The van der Waals surface area contributed by atoms with Gasteiger partial charge in [0.25, 0.3) is 0 Å². The topological polar surface area (TPSA) is 55.9 Å². The lowest BCUT2D eigenvalue weighted by atomic mass is 10.2. The van der Waals surface area contributed by atoms with Crippen LogP contribution in [0.5, 0.6) is 0 Å². The molecule has 1 aromatic rings. The van der Waals surface area contributed by atoms with E-state index in [0.29, 0.717) is 19.6 Å². The van der Waals surface area contributed by atoms with Crippen LogP contribution in [0.1, 0.15) is 4.88 Å². The molecular formula is C16H24N4O2S. The van der Waals surface area contributed by atoms with Crippen LogP contribution >= 0.6 is 11.3 Å². The molecule has 1 aromatic heterocycles. The summed E-state index contributed by atoms with van der Waals surface area (Å²) in [6, 6.07) is 4.29. The molecule has 2 amide bonds. The molecule has 0 aliphatic carbocycles. The van der Waals surface area contributed by atoms with Gasteiger partial charge in [0.1, 0.15) is 0 Å². The van der Waals surface area contributed by atoms with E-state index in [-0.39, 0.29) is 18.4 Å². The van der Waals surface area contributed by atoms with E-state index < -0.39 is 0 Å². The van der Waals surface area contributed by atoms with E-state index in [0.717, 1.165) is 39.1 Å². The lowest BCUT2D eigenvalue weighted by Crippen LogP contribution is -2.54. The number of amides is 2. The Bertz CT molecular complexity index is 526. The molecular weight excluding hydrogens is 312 g/mol. The second-order valence-corrected chi connectivity index (χ2v) is 7.14. The zero-order valence-electron chi connectivity index (χ0n) is 13.4. The SMILES string of the molecule is O=C1CN(C(=O)CN2CCN(CCc3cccs3)CC2)CCN1. The van der Waals surface area contributed by atoms with Crippen LogP contribution < -0.4 is 5.32 Å². The van der Waals surface area contributed by atoms with Gasteiger partial charge >= 0.3 is 0 Å². The van der Waals surface area contributed by atoms with Crippen molar-refractivity contribution in [3.8, 4) is 0 Å². The molecule has 0 radical (unpaired) electrons. The van der Waals surface area contributed by atoms with Crippen LogP contribution in [-0.4, -0.2) is 85.4 Å². The molecule has 23 heavy (non-hydrogen) atoms. The fourth-order valence-corrected chi connectivity index (χ4v) is 3.74. The summed E-state index contributed by atoms with van der Waals surface area (Å²) in [6.45, 7) is 6.82. The summed E-state index contributed by atoms with van der Waals surface area (Å²) in [5, 5.41) is 4.87. The predicted octanol–water partition coefficient (Wildman–Crippen LogP) is -0.133. The average Bonchev–Trinajstić information content (AvgIpc) is 3.08. The molecule has 0 bridgehead atoms. The molecule has 2 fully saturated rings. The maximum atomic E-state index is 12.3. The number of rotatable bonds is 5. The van der Waals surface area contributed by atoms with Crippen molar-refractivity contribution in [1.82, 2.24) is 20.0 Å². The smallest absolute Gasteiger partial charge is 0.239 e. The van der Waals surface area contributed by atoms with E-state index in [2.05, 4.69) is 32.6 Å². The van der Waals surface area contributed by atoms with Gasteiger partial charge in [0.15, 0.2) is 0 Å². The highest BCUT2D eigenvalue weighted by Crippen LogP contribution is 2.11. The van der Waals surface area contributed by atoms with Gasteiger partial charge in [0, 0.05) is 50.7 Å². The highest BCUT2D eigenvalue weighted by atomic mass is 32.1. The molecule has 7 heteroatoms. The standard InChI is InChI=1S/C16H24N4O2S/c21-15-12-20(6-4-17-15)16(22)13-19-9-7-18(8-10-19)5-3-14-2-1-11-23-14/h1-2,11H,3-10,12-13H2,(H,17,21). The first-order valence-corrected chi connectivity index (χ1v) is 9.10. The summed E-state index contributed by atoms with van der Waals surface area (Å²) in [4.78, 5) is 31.4. The van der Waals surface area contributed by atoms with Crippen molar-refractivity contribution in [2.75, 3.05) is 58.9 Å². The van der Waals surface area contributed by atoms with E-state index in [1.165, 1.54) is 4.88 Å². The van der Waals surface area contributed by atoms with Gasteiger partial charge in [0.05, 0.1) is 13.1 Å². The normalized spacial score (nSPS) is 20.5. The molecule has 0 saturated carbocycles. The van der Waals surface area contributed by atoms with Crippen molar-refractivity contribution in [2.24, 2.45) is 0 Å². The molecule has 6 nitrogen and oxygen atoms in total. The molecule has 2 aliphatic rings. The minimum absolute atomic E-state index is 0.0528. The fraction of sp³-hybridized carbons (Fsp3) is 0.625. The lowest BCUT2D eigenvalue weighted by molar-refractivity contribution is -0.139. The van der Waals surface area contributed by atoms with E-state index in [9.17, 15) is 9.59 Å². The fourth-order valence-electron chi connectivity index (χ4n) is 3.04. The minimum Gasteiger partial charge on any atom is -0.353 e. The first kappa shape index (κ1) is 16.4. The van der Waals surface area contributed by atoms with Gasteiger partial charge in [-0.2, -0.15) is 0 Å². The van der Waals surface area contributed by atoms with Gasteiger partial charge in [-0.3, -0.25) is 14.5 Å². The summed E-state index contributed by atoms with van der Waals surface area (Å²) in [6.07, 6.45) is 1.11. The third-order valence-corrected chi connectivity index (χ3v) is 5.41. The van der Waals surface area contributed by atoms with Crippen LogP contribution in [0.25, 0.3) is 0 Å². The summed E-state index contributed by atoms with van der Waals surface area (Å²) in [5.74, 6) is 0.0230. The molecule has 3 heterocycles. The third-order valence-electron chi connectivity index (χ3n) is 4.47. The number of hydrogen-bond donors (Lipinski definition) is 1. The largest absolute Gasteiger partial charge is 0.353 e. The first-order valence-electron chi connectivity index (χ1n) is 8.22. The lowest BCUT2D eigenvalue weighted by Gasteiger charge is -2.35. The highest BCUT2D eigenvalue weighted by molar-refractivity contribution is 7.09. The number of carbonyl (C=O) groups is 2. The number of thiophene rings is 1. The summed E-state index contributed by atoms with van der Waals surface area (Å²) < 4.78 is 0. The Morgan fingerprint density at radius 1 is 1.17 bits per heavy atom. The zero-order chi connectivity index (χ0) is 16.1. The van der Waals surface area contributed by atoms with E-state index in [4.69, 9.17) is 0 Å². The Balaban J connectivity index is 1.37. The van der Waals surface area contributed by atoms with Crippen LogP contribution in [0.15, 0.2) is 17.5 Å². The molecule has 0 aromatic carbocycles. The average molecular weight is 336 g/mol.